The van der Waals surface area contributed by atoms with Crippen LogP contribution >= 0.6 is 11.6 Å². The van der Waals surface area contributed by atoms with E-state index >= 15 is 0 Å². The Morgan fingerprint density at radius 2 is 2.08 bits per heavy atom. The summed E-state index contributed by atoms with van der Waals surface area (Å²) in [6, 6.07) is 12.1. The van der Waals surface area contributed by atoms with Crippen molar-refractivity contribution in [1.82, 2.24) is 0 Å². The van der Waals surface area contributed by atoms with Gasteiger partial charge in [-0.2, -0.15) is 5.26 Å². The van der Waals surface area contributed by atoms with Gasteiger partial charge in [-0.3, -0.25) is 4.79 Å². The Hall–Kier alpha value is -2.97. The Morgan fingerprint density at radius 1 is 1.38 bits per heavy atom. The lowest BCUT2D eigenvalue weighted by Crippen LogP contribution is -2.14. The number of hydrogen-bond acceptors (Lipinski definition) is 4. The minimum Gasteiger partial charge on any atom is -0.503 e. The molecule has 0 saturated heterocycles. The fourth-order valence-corrected chi connectivity index (χ4v) is 2.27. The zero-order valence-corrected chi connectivity index (χ0v) is 13.9. The molecule has 0 atom stereocenters. The van der Waals surface area contributed by atoms with E-state index in [0.717, 1.165) is 5.56 Å². The number of phenols is 1. The van der Waals surface area contributed by atoms with Crippen LogP contribution in [0.2, 0.25) is 5.02 Å². The van der Waals surface area contributed by atoms with E-state index in [1.165, 1.54) is 25.3 Å². The van der Waals surface area contributed by atoms with E-state index < -0.39 is 5.91 Å². The molecular weight excluding hydrogens is 328 g/mol. The third-order valence-corrected chi connectivity index (χ3v) is 3.63. The van der Waals surface area contributed by atoms with Gasteiger partial charge < -0.3 is 15.2 Å². The maximum atomic E-state index is 12.3. The summed E-state index contributed by atoms with van der Waals surface area (Å²) in [6.45, 7) is 1.86. The number of hydrogen-bond donors (Lipinski definition) is 2. The van der Waals surface area contributed by atoms with Gasteiger partial charge in [-0.05, 0) is 42.3 Å². The summed E-state index contributed by atoms with van der Waals surface area (Å²) in [7, 11) is 1.38. The van der Waals surface area contributed by atoms with Crippen molar-refractivity contribution in [3.05, 3.63) is 58.1 Å². The molecule has 2 N–H and O–H groups in total. The first kappa shape index (κ1) is 17.4. The predicted molar refractivity (Wildman–Crippen MR) is 93.1 cm³/mol. The number of benzene rings is 2. The van der Waals surface area contributed by atoms with Crippen LogP contribution < -0.4 is 10.1 Å². The van der Waals surface area contributed by atoms with Gasteiger partial charge in [0, 0.05) is 5.69 Å². The molecule has 0 aromatic heterocycles. The third-order valence-electron chi connectivity index (χ3n) is 3.34. The second kappa shape index (κ2) is 7.53. The maximum absolute atomic E-state index is 12.3. The van der Waals surface area contributed by atoms with Crippen molar-refractivity contribution >= 4 is 29.3 Å². The maximum Gasteiger partial charge on any atom is 0.266 e. The summed E-state index contributed by atoms with van der Waals surface area (Å²) in [5.74, 6) is -0.570. The monoisotopic (exact) mass is 342 g/mol. The number of nitrogens with one attached hydrogen (secondary N) is 1. The largest absolute Gasteiger partial charge is 0.503 e. The summed E-state index contributed by atoms with van der Waals surface area (Å²) < 4.78 is 5.01. The molecule has 5 nitrogen and oxygen atoms in total. The topological polar surface area (TPSA) is 82.3 Å². The zero-order chi connectivity index (χ0) is 17.7. The van der Waals surface area contributed by atoms with Crippen LogP contribution in [-0.4, -0.2) is 18.1 Å². The zero-order valence-electron chi connectivity index (χ0n) is 13.1. The lowest BCUT2D eigenvalue weighted by molar-refractivity contribution is -0.112. The highest BCUT2D eigenvalue weighted by Gasteiger charge is 2.13. The van der Waals surface area contributed by atoms with Crippen LogP contribution in [0.3, 0.4) is 0 Å². The van der Waals surface area contributed by atoms with E-state index in [0.29, 0.717) is 11.3 Å². The Kier molecular flexibility index (Phi) is 5.46. The number of aromatic hydroxyl groups is 1. The number of nitriles is 1. The molecule has 0 aliphatic carbocycles. The number of halogens is 1. The standard InChI is InChI=1S/C18H15ClN2O3/c1-11-5-3-4-6-15(11)21-18(23)13(10-20)7-12-8-14(19)17(22)16(9-12)24-2/h3-9,22H,1-2H3,(H,21,23)/b13-7+. The van der Waals surface area contributed by atoms with Gasteiger partial charge in [0.2, 0.25) is 0 Å². The van der Waals surface area contributed by atoms with Gasteiger partial charge >= 0.3 is 0 Å². The van der Waals surface area contributed by atoms with Crippen LogP contribution in [0.25, 0.3) is 6.08 Å². The Bertz CT molecular complexity index is 854. The molecule has 0 saturated carbocycles. The normalized spacial score (nSPS) is 10.8. The molecule has 0 aliphatic rings. The number of nitrogens with zero attached hydrogens (tertiary/aromatic N) is 1. The number of aryl methyl sites for hydroxylation is 1. The van der Waals surface area contributed by atoms with E-state index in [1.807, 2.05) is 25.1 Å². The van der Waals surface area contributed by atoms with E-state index in [4.69, 9.17) is 16.3 Å². The number of ether oxygens (including phenoxy) is 1. The summed E-state index contributed by atoms with van der Waals surface area (Å²) in [6.07, 6.45) is 1.38. The molecule has 0 bridgehead atoms. The van der Waals surface area contributed by atoms with Crippen LogP contribution in [0.5, 0.6) is 11.5 Å². The number of amides is 1. The molecule has 0 fully saturated rings. The van der Waals surface area contributed by atoms with Crippen molar-refractivity contribution in [3.63, 3.8) is 0 Å². The highest BCUT2D eigenvalue weighted by Crippen LogP contribution is 2.35. The number of carbonyl (C=O) groups is 1. The van der Waals surface area contributed by atoms with Crippen LogP contribution in [0.15, 0.2) is 42.0 Å². The summed E-state index contributed by atoms with van der Waals surface area (Å²) in [4.78, 5) is 12.3. The van der Waals surface area contributed by atoms with Gasteiger partial charge in [-0.25, -0.2) is 0 Å². The lowest BCUT2D eigenvalue weighted by atomic mass is 10.1. The molecule has 2 aromatic carbocycles. The van der Waals surface area contributed by atoms with E-state index in [1.54, 1.807) is 12.1 Å². The average molecular weight is 343 g/mol. The number of phenolic OH excluding ortho intramolecular Hbond substituents is 1. The highest BCUT2D eigenvalue weighted by atomic mass is 35.5. The second-order valence-electron chi connectivity index (χ2n) is 4.99. The van der Waals surface area contributed by atoms with Crippen LogP contribution in [0, 0.1) is 18.3 Å². The minimum absolute atomic E-state index is 0.0669. The van der Waals surface area contributed by atoms with Crippen molar-refractivity contribution in [1.29, 1.82) is 5.26 Å². The highest BCUT2D eigenvalue weighted by molar-refractivity contribution is 6.32. The van der Waals surface area contributed by atoms with Crippen molar-refractivity contribution in [2.45, 2.75) is 6.92 Å². The van der Waals surface area contributed by atoms with E-state index in [-0.39, 0.29) is 22.1 Å². The van der Waals surface area contributed by atoms with Crippen molar-refractivity contribution in [2.24, 2.45) is 0 Å². The Balaban J connectivity index is 2.33. The van der Waals surface area contributed by atoms with Crippen molar-refractivity contribution in [2.75, 3.05) is 12.4 Å². The molecular formula is C18H15ClN2O3. The summed E-state index contributed by atoms with van der Waals surface area (Å²) in [5.41, 5.74) is 1.88. The van der Waals surface area contributed by atoms with Gasteiger partial charge in [0.25, 0.3) is 5.91 Å². The summed E-state index contributed by atoms with van der Waals surface area (Å²) in [5, 5.41) is 21.7. The second-order valence-corrected chi connectivity index (χ2v) is 5.40. The van der Waals surface area contributed by atoms with Crippen LogP contribution in [0.4, 0.5) is 5.69 Å². The molecule has 1 amide bonds. The first-order valence-electron chi connectivity index (χ1n) is 7.01. The summed E-state index contributed by atoms with van der Waals surface area (Å²) >= 11 is 5.91. The molecule has 2 aromatic rings. The van der Waals surface area contributed by atoms with Gasteiger partial charge in [0.1, 0.15) is 11.6 Å². The van der Waals surface area contributed by atoms with Crippen molar-refractivity contribution in [3.8, 4) is 17.6 Å². The van der Waals surface area contributed by atoms with Gasteiger partial charge in [-0.1, -0.05) is 29.8 Å². The number of carbonyl (C=O) groups excluding carboxylic acids is 1. The van der Waals surface area contributed by atoms with Gasteiger partial charge in [0.15, 0.2) is 11.5 Å². The number of anilines is 1. The average Bonchev–Trinajstić information content (AvgIpc) is 2.57. The number of rotatable bonds is 4. The molecule has 0 unspecified atom stereocenters. The fraction of sp³-hybridized carbons (Fsp3) is 0.111. The molecule has 122 valence electrons. The fourth-order valence-electron chi connectivity index (χ4n) is 2.05. The first-order valence-corrected chi connectivity index (χ1v) is 7.39. The van der Waals surface area contributed by atoms with E-state index in [2.05, 4.69) is 5.32 Å². The molecule has 24 heavy (non-hydrogen) atoms. The van der Waals surface area contributed by atoms with E-state index in [9.17, 15) is 15.2 Å². The molecule has 2 rings (SSSR count). The Morgan fingerprint density at radius 3 is 2.71 bits per heavy atom. The van der Waals surface area contributed by atoms with Gasteiger partial charge in [-0.15, -0.1) is 0 Å². The molecule has 6 heteroatoms. The minimum atomic E-state index is -0.532. The molecule has 0 heterocycles. The predicted octanol–water partition coefficient (Wildman–Crippen LogP) is 3.91. The Labute approximate surface area is 144 Å². The third kappa shape index (κ3) is 3.86. The van der Waals surface area contributed by atoms with Crippen LogP contribution in [-0.2, 0) is 4.79 Å². The first-order chi connectivity index (χ1) is 11.5. The van der Waals surface area contributed by atoms with Gasteiger partial charge in [0.05, 0.1) is 12.1 Å². The molecule has 0 radical (unpaired) electrons. The van der Waals surface area contributed by atoms with Crippen molar-refractivity contribution < 1.29 is 14.6 Å². The SMILES string of the molecule is COc1cc(/C=C(\C#N)C(=O)Nc2ccccc2C)cc(Cl)c1O. The quantitative estimate of drug-likeness (QED) is 0.652. The smallest absolute Gasteiger partial charge is 0.266 e. The molecule has 0 aliphatic heterocycles. The lowest BCUT2D eigenvalue weighted by Gasteiger charge is -2.08. The number of methoxy groups -OCH3 is 1. The van der Waals surface area contributed by atoms with Crippen LogP contribution in [0.1, 0.15) is 11.1 Å². The molecule has 0 spiro atoms. The number of para-hydroxylation sites is 1.